The van der Waals surface area contributed by atoms with Crippen LogP contribution >= 0.6 is 0 Å². The Balaban J connectivity index is 2.12. The lowest BCUT2D eigenvalue weighted by Gasteiger charge is -2.25. The first-order valence-corrected chi connectivity index (χ1v) is 5.80. The number of nitrogens with one attached hydrogen (secondary N) is 1. The van der Waals surface area contributed by atoms with Crippen LogP contribution in [0.5, 0.6) is 0 Å². The second kappa shape index (κ2) is 4.55. The van der Waals surface area contributed by atoms with Crippen molar-refractivity contribution in [3.05, 3.63) is 23.9 Å². The Bertz CT molecular complexity index is 372. The van der Waals surface area contributed by atoms with Crippen molar-refractivity contribution in [1.29, 1.82) is 0 Å². The Morgan fingerprint density at radius 3 is 2.65 bits per heavy atom. The van der Waals surface area contributed by atoms with Gasteiger partial charge in [0.25, 0.3) is 5.82 Å². The smallest absolute Gasteiger partial charge is 0.262 e. The van der Waals surface area contributed by atoms with Crippen LogP contribution in [0, 0.1) is 5.92 Å². The zero-order chi connectivity index (χ0) is 12.5. The van der Waals surface area contributed by atoms with E-state index in [1.807, 2.05) is 0 Å². The van der Waals surface area contributed by atoms with Crippen molar-refractivity contribution in [2.75, 3.05) is 18.0 Å². The highest BCUT2D eigenvalue weighted by molar-refractivity contribution is 5.34. The summed E-state index contributed by atoms with van der Waals surface area (Å²) >= 11 is 0. The van der Waals surface area contributed by atoms with Gasteiger partial charge in [-0.25, -0.2) is 4.98 Å². The molecule has 1 N–H and O–H groups in total. The molecule has 0 amide bonds. The number of pyridine rings is 1. The number of alkyl halides is 3. The number of nitrogens with zero attached hydrogens (tertiary/aromatic N) is 1. The fourth-order valence-electron chi connectivity index (χ4n) is 2.20. The number of anilines is 1. The van der Waals surface area contributed by atoms with Crippen molar-refractivity contribution in [2.24, 2.45) is 5.92 Å². The van der Waals surface area contributed by atoms with Crippen molar-refractivity contribution in [3.8, 4) is 0 Å². The zero-order valence-corrected chi connectivity index (χ0v) is 9.72. The van der Waals surface area contributed by atoms with Crippen molar-refractivity contribution < 1.29 is 18.2 Å². The molecule has 0 saturated carbocycles. The molecule has 2 heterocycles. The molecule has 0 aromatic carbocycles. The fraction of sp³-hybridized carbons (Fsp3) is 0.583. The van der Waals surface area contributed by atoms with Crippen LogP contribution in [0.2, 0.25) is 0 Å². The summed E-state index contributed by atoms with van der Waals surface area (Å²) in [7, 11) is 0. The Kier molecular flexibility index (Phi) is 3.26. The predicted molar refractivity (Wildman–Crippen MR) is 58.6 cm³/mol. The maximum absolute atomic E-state index is 12.4. The zero-order valence-electron chi connectivity index (χ0n) is 9.72. The Morgan fingerprint density at radius 2 is 2.12 bits per heavy atom. The van der Waals surface area contributed by atoms with Gasteiger partial charge >= 0.3 is 6.18 Å². The molecule has 1 aliphatic heterocycles. The molecule has 1 aliphatic rings. The molecular formula is C12H16F3N2+. The lowest BCUT2D eigenvalue weighted by atomic mass is 10.0. The summed E-state index contributed by atoms with van der Waals surface area (Å²) in [6, 6.07) is 2.64. The highest BCUT2D eigenvalue weighted by atomic mass is 19.4. The van der Waals surface area contributed by atoms with E-state index in [1.54, 1.807) is 0 Å². The molecule has 5 heteroatoms. The number of piperidine rings is 1. The first-order chi connectivity index (χ1) is 7.97. The molecule has 2 rings (SSSR count). The lowest BCUT2D eigenvalue weighted by molar-refractivity contribution is -0.367. The van der Waals surface area contributed by atoms with Gasteiger partial charge in [0.2, 0.25) is 0 Å². The molecule has 94 valence electrons. The predicted octanol–water partition coefficient (Wildman–Crippen LogP) is 2.76. The molecular weight excluding hydrogens is 229 g/mol. The highest BCUT2D eigenvalue weighted by Crippen LogP contribution is 2.28. The Morgan fingerprint density at radius 1 is 1.35 bits per heavy atom. The van der Waals surface area contributed by atoms with Gasteiger partial charge in [-0.15, -0.1) is 0 Å². The van der Waals surface area contributed by atoms with Gasteiger partial charge in [-0.3, -0.25) is 4.90 Å². The van der Waals surface area contributed by atoms with Crippen LogP contribution in [0.4, 0.5) is 19.0 Å². The minimum atomic E-state index is -4.27. The second-order valence-corrected chi connectivity index (χ2v) is 4.65. The summed E-state index contributed by atoms with van der Waals surface area (Å²) in [5.41, 5.74) is -0.633. The third kappa shape index (κ3) is 2.90. The molecule has 1 saturated heterocycles. The summed E-state index contributed by atoms with van der Waals surface area (Å²) in [4.78, 5) is 4.85. The van der Waals surface area contributed by atoms with E-state index < -0.39 is 11.7 Å². The number of H-pyrrole nitrogens is 1. The molecule has 17 heavy (non-hydrogen) atoms. The topological polar surface area (TPSA) is 17.4 Å². The average molecular weight is 245 g/mol. The van der Waals surface area contributed by atoms with Crippen LogP contribution < -0.4 is 9.88 Å². The van der Waals surface area contributed by atoms with Crippen molar-refractivity contribution in [3.63, 3.8) is 0 Å². The quantitative estimate of drug-likeness (QED) is 0.743. The van der Waals surface area contributed by atoms with Crippen molar-refractivity contribution >= 4 is 5.82 Å². The van der Waals surface area contributed by atoms with Crippen LogP contribution in [0.25, 0.3) is 0 Å². The number of halogens is 3. The number of rotatable bonds is 1. The Labute approximate surface area is 98.5 Å². The van der Waals surface area contributed by atoms with Gasteiger partial charge in [-0.05, 0) is 24.8 Å². The van der Waals surface area contributed by atoms with Gasteiger partial charge in [-0.1, -0.05) is 6.92 Å². The standard InChI is InChI=1S/C12H15F3N2/c1-9-3-2-6-17(8-9)11-5-4-10(7-16-11)12(13,14)15/h4-5,7,9H,2-3,6,8H2,1H3/p+1/t9-/m0/s1. The molecule has 1 atom stereocenters. The van der Waals surface area contributed by atoms with Crippen LogP contribution in [-0.4, -0.2) is 13.1 Å². The number of hydrogen-bond acceptors (Lipinski definition) is 1. The first kappa shape index (κ1) is 12.2. The summed E-state index contributed by atoms with van der Waals surface area (Å²) < 4.78 is 37.2. The largest absolute Gasteiger partial charge is 0.419 e. The third-order valence-corrected chi connectivity index (χ3v) is 3.12. The van der Waals surface area contributed by atoms with E-state index in [1.165, 1.54) is 12.5 Å². The second-order valence-electron chi connectivity index (χ2n) is 4.65. The summed E-state index contributed by atoms with van der Waals surface area (Å²) in [5, 5.41) is 0. The molecule has 1 aromatic rings. The SMILES string of the molecule is C[C@H]1CCCN(c2ccc(C(F)(F)F)c[nH+]2)C1. The maximum Gasteiger partial charge on any atom is 0.419 e. The van der Waals surface area contributed by atoms with Gasteiger partial charge in [0, 0.05) is 6.07 Å². The molecule has 0 spiro atoms. The molecule has 0 aliphatic carbocycles. The van der Waals surface area contributed by atoms with Gasteiger partial charge in [0.1, 0.15) is 6.20 Å². The van der Waals surface area contributed by atoms with Crippen LogP contribution in [0.3, 0.4) is 0 Å². The third-order valence-electron chi connectivity index (χ3n) is 3.12. The molecule has 1 aromatic heterocycles. The van der Waals surface area contributed by atoms with Crippen LogP contribution in [0.15, 0.2) is 18.3 Å². The van der Waals surface area contributed by atoms with Crippen LogP contribution in [0.1, 0.15) is 25.3 Å². The number of aromatic nitrogens is 1. The first-order valence-electron chi connectivity index (χ1n) is 5.80. The Hall–Kier alpha value is -1.26. The lowest BCUT2D eigenvalue weighted by Crippen LogP contribution is -2.37. The molecule has 1 fully saturated rings. The maximum atomic E-state index is 12.4. The van der Waals surface area contributed by atoms with E-state index >= 15 is 0 Å². The molecule has 0 bridgehead atoms. The van der Waals surface area contributed by atoms with E-state index in [4.69, 9.17) is 0 Å². The monoisotopic (exact) mass is 245 g/mol. The minimum Gasteiger partial charge on any atom is -0.262 e. The van der Waals surface area contributed by atoms with E-state index in [9.17, 15) is 13.2 Å². The van der Waals surface area contributed by atoms with Gasteiger partial charge in [0.05, 0.1) is 18.7 Å². The summed E-state index contributed by atoms with van der Waals surface area (Å²) in [6.07, 6.45) is -0.952. The minimum absolute atomic E-state index is 0.597. The van der Waals surface area contributed by atoms with E-state index in [0.717, 1.165) is 37.6 Å². The summed E-state index contributed by atoms with van der Waals surface area (Å²) in [5.74, 6) is 1.36. The van der Waals surface area contributed by atoms with Gasteiger partial charge < -0.3 is 0 Å². The normalized spacial score (nSPS) is 21.6. The summed E-state index contributed by atoms with van der Waals surface area (Å²) in [6.45, 7) is 3.98. The molecule has 0 radical (unpaired) electrons. The highest BCUT2D eigenvalue weighted by Gasteiger charge is 2.32. The number of hydrogen-bond donors (Lipinski definition) is 0. The average Bonchev–Trinajstić information content (AvgIpc) is 2.28. The van der Waals surface area contributed by atoms with E-state index in [0.29, 0.717) is 5.92 Å². The van der Waals surface area contributed by atoms with Crippen molar-refractivity contribution in [2.45, 2.75) is 25.9 Å². The van der Waals surface area contributed by atoms with Gasteiger partial charge in [0.15, 0.2) is 0 Å². The van der Waals surface area contributed by atoms with Crippen LogP contribution in [-0.2, 0) is 6.18 Å². The van der Waals surface area contributed by atoms with E-state index in [2.05, 4.69) is 16.8 Å². The van der Waals surface area contributed by atoms with Crippen molar-refractivity contribution in [1.82, 2.24) is 0 Å². The molecule has 2 nitrogen and oxygen atoms in total. The fourth-order valence-corrected chi connectivity index (χ4v) is 2.20. The molecule has 0 unspecified atom stereocenters. The van der Waals surface area contributed by atoms with E-state index in [-0.39, 0.29) is 0 Å². The van der Waals surface area contributed by atoms with Gasteiger partial charge in [-0.2, -0.15) is 13.2 Å². The number of aromatic amines is 1.